The molecule has 1 N–H and O–H groups in total. The fourth-order valence-electron chi connectivity index (χ4n) is 0.896. The molecule has 0 aromatic rings. The van der Waals surface area contributed by atoms with Gasteiger partial charge in [-0.1, -0.05) is 20.8 Å². The summed E-state index contributed by atoms with van der Waals surface area (Å²) in [5.41, 5.74) is -0.248. The largest absolute Gasteiger partial charge is 0.314 e. The Morgan fingerprint density at radius 1 is 1.30 bits per heavy atom. The minimum Gasteiger partial charge on any atom is -0.314 e. The van der Waals surface area contributed by atoms with E-state index >= 15 is 0 Å². The third-order valence-corrected chi connectivity index (χ3v) is 1.72. The van der Waals surface area contributed by atoms with Crippen LogP contribution in [0.2, 0.25) is 0 Å². The Bertz CT molecular complexity index is 95.9. The van der Waals surface area contributed by atoms with E-state index in [2.05, 4.69) is 5.32 Å². The molecule has 0 spiro atoms. The highest BCUT2D eigenvalue weighted by atomic mass is 19.1. The fourth-order valence-corrected chi connectivity index (χ4v) is 0.896. The Kier molecular flexibility index (Phi) is 3.29. The van der Waals surface area contributed by atoms with E-state index in [1.165, 1.54) is 0 Å². The molecule has 0 bridgehead atoms. The van der Waals surface area contributed by atoms with Crippen molar-refractivity contribution in [2.75, 3.05) is 7.05 Å². The zero-order valence-corrected chi connectivity index (χ0v) is 7.53. The molecule has 0 fully saturated rings. The van der Waals surface area contributed by atoms with Crippen LogP contribution >= 0.6 is 0 Å². The Morgan fingerprint density at radius 3 is 1.80 bits per heavy atom. The highest BCUT2D eigenvalue weighted by Gasteiger charge is 2.28. The standard InChI is InChI=1S/C8H18FN/c1-6(10-5)7(9)8(2,3)4/h6-7,10H,1-5H3. The monoisotopic (exact) mass is 147 g/mol. The van der Waals surface area contributed by atoms with Crippen molar-refractivity contribution in [1.29, 1.82) is 0 Å². The van der Waals surface area contributed by atoms with Gasteiger partial charge in [0.2, 0.25) is 0 Å². The highest BCUT2D eigenvalue weighted by Crippen LogP contribution is 2.24. The van der Waals surface area contributed by atoms with E-state index in [0.717, 1.165) is 0 Å². The molecule has 0 aliphatic heterocycles. The smallest absolute Gasteiger partial charge is 0.120 e. The van der Waals surface area contributed by atoms with Crippen LogP contribution in [0.5, 0.6) is 0 Å². The van der Waals surface area contributed by atoms with Crippen LogP contribution in [0.15, 0.2) is 0 Å². The molecule has 62 valence electrons. The van der Waals surface area contributed by atoms with Gasteiger partial charge in [0.15, 0.2) is 0 Å². The normalized spacial score (nSPS) is 18.6. The Balaban J connectivity index is 3.94. The molecule has 0 aliphatic rings. The SMILES string of the molecule is CNC(C)C(F)C(C)(C)C. The maximum atomic E-state index is 13.2. The van der Waals surface area contributed by atoms with E-state index in [1.54, 1.807) is 7.05 Å². The summed E-state index contributed by atoms with van der Waals surface area (Å²) in [6.07, 6.45) is -0.780. The van der Waals surface area contributed by atoms with Gasteiger partial charge in [0.1, 0.15) is 6.17 Å². The quantitative estimate of drug-likeness (QED) is 0.629. The Morgan fingerprint density at radius 2 is 1.70 bits per heavy atom. The first kappa shape index (κ1) is 9.89. The summed E-state index contributed by atoms with van der Waals surface area (Å²) >= 11 is 0. The minimum absolute atomic E-state index is 0.0556. The van der Waals surface area contributed by atoms with E-state index in [9.17, 15) is 4.39 Å². The predicted octanol–water partition coefficient (Wildman–Crippen LogP) is 1.98. The number of nitrogens with one attached hydrogen (secondary N) is 1. The number of hydrogen-bond donors (Lipinski definition) is 1. The van der Waals surface area contributed by atoms with Crippen LogP contribution < -0.4 is 5.32 Å². The molecule has 10 heavy (non-hydrogen) atoms. The first-order valence-electron chi connectivity index (χ1n) is 3.71. The van der Waals surface area contributed by atoms with Crippen LogP contribution in [0, 0.1) is 5.41 Å². The van der Waals surface area contributed by atoms with Crippen LogP contribution in [0.4, 0.5) is 4.39 Å². The molecule has 0 saturated heterocycles. The molecule has 0 amide bonds. The van der Waals surface area contributed by atoms with Crippen molar-refractivity contribution in [2.24, 2.45) is 5.41 Å². The first-order chi connectivity index (χ1) is 4.39. The maximum Gasteiger partial charge on any atom is 0.120 e. The first-order valence-corrected chi connectivity index (χ1v) is 3.71. The minimum atomic E-state index is -0.780. The van der Waals surface area contributed by atoms with E-state index in [4.69, 9.17) is 0 Å². The topological polar surface area (TPSA) is 12.0 Å². The Labute approximate surface area is 63.0 Å². The van der Waals surface area contributed by atoms with Gasteiger partial charge in [-0.15, -0.1) is 0 Å². The van der Waals surface area contributed by atoms with Crippen LogP contribution in [0.1, 0.15) is 27.7 Å². The summed E-state index contributed by atoms with van der Waals surface area (Å²) in [7, 11) is 1.78. The van der Waals surface area contributed by atoms with Crippen LogP contribution in [0.25, 0.3) is 0 Å². The zero-order valence-electron chi connectivity index (χ0n) is 7.53. The molecule has 0 radical (unpaired) electrons. The molecule has 1 nitrogen and oxygen atoms in total. The van der Waals surface area contributed by atoms with Crippen molar-refractivity contribution < 1.29 is 4.39 Å². The van der Waals surface area contributed by atoms with Gasteiger partial charge in [-0.2, -0.15) is 0 Å². The summed E-state index contributed by atoms with van der Waals surface area (Å²) in [4.78, 5) is 0. The van der Waals surface area contributed by atoms with Gasteiger partial charge in [-0.05, 0) is 19.4 Å². The second-order valence-corrected chi connectivity index (χ2v) is 3.85. The van der Waals surface area contributed by atoms with Crippen LogP contribution in [-0.2, 0) is 0 Å². The molecule has 0 aliphatic carbocycles. The molecule has 0 heterocycles. The predicted molar refractivity (Wildman–Crippen MR) is 42.9 cm³/mol. The van der Waals surface area contributed by atoms with E-state index in [-0.39, 0.29) is 11.5 Å². The lowest BCUT2D eigenvalue weighted by Gasteiger charge is -2.28. The van der Waals surface area contributed by atoms with Crippen molar-refractivity contribution in [1.82, 2.24) is 5.32 Å². The van der Waals surface area contributed by atoms with Gasteiger partial charge in [-0.3, -0.25) is 0 Å². The third kappa shape index (κ3) is 2.65. The molecule has 0 saturated carbocycles. The second kappa shape index (κ2) is 3.33. The lowest BCUT2D eigenvalue weighted by molar-refractivity contribution is 0.127. The van der Waals surface area contributed by atoms with Crippen molar-refractivity contribution >= 4 is 0 Å². The van der Waals surface area contributed by atoms with Gasteiger partial charge in [0.25, 0.3) is 0 Å². The molecule has 0 aromatic heterocycles. The molecule has 2 unspecified atom stereocenters. The average Bonchev–Trinajstić information content (AvgIpc) is 1.83. The lowest BCUT2D eigenvalue weighted by Crippen LogP contribution is -2.40. The summed E-state index contributed by atoms with van der Waals surface area (Å²) in [5, 5.41) is 2.90. The molecule has 2 heteroatoms. The molecular weight excluding hydrogens is 129 g/mol. The van der Waals surface area contributed by atoms with Crippen molar-refractivity contribution in [3.8, 4) is 0 Å². The number of rotatable bonds is 2. The summed E-state index contributed by atoms with van der Waals surface area (Å²) in [6.45, 7) is 7.58. The van der Waals surface area contributed by atoms with Gasteiger partial charge in [-0.25, -0.2) is 4.39 Å². The maximum absolute atomic E-state index is 13.2. The van der Waals surface area contributed by atoms with E-state index in [1.807, 2.05) is 27.7 Å². The summed E-state index contributed by atoms with van der Waals surface area (Å²) in [5.74, 6) is 0. The summed E-state index contributed by atoms with van der Waals surface area (Å²) in [6, 6.07) is -0.0556. The zero-order chi connectivity index (χ0) is 8.36. The van der Waals surface area contributed by atoms with E-state index in [0.29, 0.717) is 0 Å². The van der Waals surface area contributed by atoms with Crippen molar-refractivity contribution in [3.63, 3.8) is 0 Å². The summed E-state index contributed by atoms with van der Waals surface area (Å²) < 4.78 is 13.2. The van der Waals surface area contributed by atoms with Gasteiger partial charge >= 0.3 is 0 Å². The van der Waals surface area contributed by atoms with Crippen LogP contribution in [-0.4, -0.2) is 19.3 Å². The van der Waals surface area contributed by atoms with Gasteiger partial charge < -0.3 is 5.32 Å². The molecule has 2 atom stereocenters. The van der Waals surface area contributed by atoms with Gasteiger partial charge in [0.05, 0.1) is 0 Å². The third-order valence-electron chi connectivity index (χ3n) is 1.72. The van der Waals surface area contributed by atoms with Crippen molar-refractivity contribution in [2.45, 2.75) is 39.9 Å². The fraction of sp³-hybridized carbons (Fsp3) is 1.00. The molecule has 0 aromatic carbocycles. The second-order valence-electron chi connectivity index (χ2n) is 3.85. The Hall–Kier alpha value is -0.110. The van der Waals surface area contributed by atoms with E-state index < -0.39 is 6.17 Å². The highest BCUT2D eigenvalue weighted by molar-refractivity contribution is 4.81. The molecular formula is C8H18FN. The molecule has 0 rings (SSSR count). The number of hydrogen-bond acceptors (Lipinski definition) is 1. The van der Waals surface area contributed by atoms with Gasteiger partial charge in [0, 0.05) is 6.04 Å². The lowest BCUT2D eigenvalue weighted by atomic mass is 9.86. The average molecular weight is 147 g/mol. The number of halogens is 1. The van der Waals surface area contributed by atoms with Crippen LogP contribution in [0.3, 0.4) is 0 Å². The number of alkyl halides is 1. The van der Waals surface area contributed by atoms with Crippen molar-refractivity contribution in [3.05, 3.63) is 0 Å².